The summed E-state index contributed by atoms with van der Waals surface area (Å²) in [6, 6.07) is 9.76. The minimum Gasteiger partial charge on any atom is -0.351 e. The second-order valence-electron chi connectivity index (χ2n) is 5.59. The maximum atomic E-state index is 13.1. The van der Waals surface area contributed by atoms with Gasteiger partial charge in [0.1, 0.15) is 0 Å². The van der Waals surface area contributed by atoms with Crippen LogP contribution in [0.1, 0.15) is 19.0 Å². The van der Waals surface area contributed by atoms with Gasteiger partial charge >= 0.3 is 0 Å². The van der Waals surface area contributed by atoms with E-state index in [0.29, 0.717) is 13.0 Å². The number of para-hydroxylation sites is 1. The number of nitrogens with zero attached hydrogens (tertiary/aromatic N) is 3. The Kier molecular flexibility index (Phi) is 4.53. The molecule has 0 aliphatic carbocycles. The third-order valence-electron chi connectivity index (χ3n) is 4.22. The highest BCUT2D eigenvalue weighted by atomic mass is 16.2. The number of imidazole rings is 1. The highest BCUT2D eigenvalue weighted by molar-refractivity contribution is 5.97. The number of amides is 1. The van der Waals surface area contributed by atoms with Gasteiger partial charge in [0.15, 0.2) is 0 Å². The second kappa shape index (κ2) is 6.75. The van der Waals surface area contributed by atoms with Crippen LogP contribution in [0.25, 0.3) is 0 Å². The highest BCUT2D eigenvalue weighted by Gasteiger charge is 2.33. The standard InChI is InChI=1S/C17H22N4O/c1-2-21(15-7-4-3-5-8-15)17(22)16(20-9-6-10-20)11-14-12-18-13-19-14/h3-5,7-8,12-13,16H,2,6,9-11H2,1H3,(H,18,19). The quantitative estimate of drug-likeness (QED) is 0.888. The van der Waals surface area contributed by atoms with Crippen molar-refractivity contribution in [2.24, 2.45) is 0 Å². The molecule has 5 heteroatoms. The van der Waals surface area contributed by atoms with Crippen molar-refractivity contribution in [3.05, 3.63) is 48.5 Å². The maximum Gasteiger partial charge on any atom is 0.244 e. The number of hydrogen-bond acceptors (Lipinski definition) is 3. The summed E-state index contributed by atoms with van der Waals surface area (Å²) in [4.78, 5) is 24.5. The van der Waals surface area contributed by atoms with E-state index in [0.717, 1.165) is 24.5 Å². The first kappa shape index (κ1) is 14.8. The monoisotopic (exact) mass is 298 g/mol. The van der Waals surface area contributed by atoms with Gasteiger partial charge in [-0.1, -0.05) is 18.2 Å². The molecule has 1 amide bonds. The van der Waals surface area contributed by atoms with E-state index >= 15 is 0 Å². The number of hydrogen-bond donors (Lipinski definition) is 1. The molecule has 1 aromatic heterocycles. The summed E-state index contributed by atoms with van der Waals surface area (Å²) >= 11 is 0. The van der Waals surface area contributed by atoms with Crippen LogP contribution in [-0.2, 0) is 11.2 Å². The van der Waals surface area contributed by atoms with Crippen LogP contribution in [0.5, 0.6) is 0 Å². The largest absolute Gasteiger partial charge is 0.351 e. The number of likely N-dealkylation sites (N-methyl/N-ethyl adjacent to an activating group) is 1. The van der Waals surface area contributed by atoms with Crippen molar-refractivity contribution in [3.8, 4) is 0 Å². The zero-order chi connectivity index (χ0) is 15.4. The number of aromatic nitrogens is 2. The van der Waals surface area contributed by atoms with E-state index < -0.39 is 0 Å². The van der Waals surface area contributed by atoms with Gasteiger partial charge in [0, 0.05) is 37.9 Å². The number of H-pyrrole nitrogens is 1. The van der Waals surface area contributed by atoms with Crippen LogP contribution >= 0.6 is 0 Å². The zero-order valence-electron chi connectivity index (χ0n) is 12.9. The van der Waals surface area contributed by atoms with Gasteiger partial charge in [0.2, 0.25) is 5.91 Å². The fraction of sp³-hybridized carbons (Fsp3) is 0.412. The van der Waals surface area contributed by atoms with E-state index in [1.165, 1.54) is 6.42 Å². The van der Waals surface area contributed by atoms with Crippen molar-refractivity contribution in [2.45, 2.75) is 25.8 Å². The van der Waals surface area contributed by atoms with Crippen molar-refractivity contribution in [3.63, 3.8) is 0 Å². The first-order valence-corrected chi connectivity index (χ1v) is 7.87. The molecule has 1 aliphatic rings. The van der Waals surface area contributed by atoms with E-state index in [-0.39, 0.29) is 11.9 Å². The molecule has 1 fully saturated rings. The summed E-state index contributed by atoms with van der Waals surface area (Å²) in [5.41, 5.74) is 1.90. The average Bonchev–Trinajstić information content (AvgIpc) is 2.99. The SMILES string of the molecule is CCN(C(=O)C(Cc1c[nH]cn1)N1CCC1)c1ccccc1. The Morgan fingerprint density at radius 1 is 1.36 bits per heavy atom. The molecule has 5 nitrogen and oxygen atoms in total. The van der Waals surface area contributed by atoms with E-state index in [1.807, 2.05) is 48.4 Å². The lowest BCUT2D eigenvalue weighted by molar-refractivity contribution is -0.125. The first-order chi connectivity index (χ1) is 10.8. The number of carbonyl (C=O) groups excluding carboxylic acids is 1. The number of nitrogens with one attached hydrogen (secondary N) is 1. The topological polar surface area (TPSA) is 52.2 Å². The third-order valence-corrected chi connectivity index (χ3v) is 4.22. The predicted molar refractivity (Wildman–Crippen MR) is 86.7 cm³/mol. The van der Waals surface area contributed by atoms with Gasteiger partial charge in [-0.3, -0.25) is 9.69 Å². The lowest BCUT2D eigenvalue weighted by Gasteiger charge is -2.39. The number of benzene rings is 1. The number of rotatable bonds is 6. The summed E-state index contributed by atoms with van der Waals surface area (Å²) in [7, 11) is 0. The van der Waals surface area contributed by atoms with Gasteiger partial charge in [0.05, 0.1) is 18.1 Å². The minimum absolute atomic E-state index is 0.128. The van der Waals surface area contributed by atoms with Gasteiger partial charge in [-0.2, -0.15) is 0 Å². The van der Waals surface area contributed by atoms with Crippen LogP contribution in [0, 0.1) is 0 Å². The van der Waals surface area contributed by atoms with E-state index in [2.05, 4.69) is 14.9 Å². The fourth-order valence-corrected chi connectivity index (χ4v) is 2.88. The molecule has 0 bridgehead atoms. The minimum atomic E-state index is -0.128. The molecule has 1 unspecified atom stereocenters. The molecule has 1 N–H and O–H groups in total. The molecule has 3 rings (SSSR count). The Morgan fingerprint density at radius 2 is 2.14 bits per heavy atom. The van der Waals surface area contributed by atoms with Crippen LogP contribution in [0.15, 0.2) is 42.9 Å². The Bertz CT molecular complexity index is 592. The molecule has 0 radical (unpaired) electrons. The normalized spacial score (nSPS) is 16.0. The van der Waals surface area contributed by atoms with Crippen molar-refractivity contribution >= 4 is 11.6 Å². The second-order valence-corrected chi connectivity index (χ2v) is 5.59. The average molecular weight is 298 g/mol. The van der Waals surface area contributed by atoms with Gasteiger partial charge < -0.3 is 9.88 Å². The molecule has 1 atom stereocenters. The third kappa shape index (κ3) is 3.04. The van der Waals surface area contributed by atoms with Crippen molar-refractivity contribution in [1.82, 2.24) is 14.9 Å². The van der Waals surface area contributed by atoms with Crippen LogP contribution in [0.2, 0.25) is 0 Å². The summed E-state index contributed by atoms with van der Waals surface area (Å²) in [6.45, 7) is 4.68. The predicted octanol–water partition coefficient (Wildman–Crippen LogP) is 2.08. The Morgan fingerprint density at radius 3 is 2.68 bits per heavy atom. The van der Waals surface area contributed by atoms with Crippen LogP contribution in [0.3, 0.4) is 0 Å². The number of aromatic amines is 1. The maximum absolute atomic E-state index is 13.1. The van der Waals surface area contributed by atoms with E-state index in [4.69, 9.17) is 0 Å². The lowest BCUT2D eigenvalue weighted by Crippen LogP contribution is -2.55. The molecule has 2 aromatic rings. The number of anilines is 1. The van der Waals surface area contributed by atoms with E-state index in [9.17, 15) is 4.79 Å². The van der Waals surface area contributed by atoms with Gasteiger partial charge in [-0.05, 0) is 25.5 Å². The fourth-order valence-electron chi connectivity index (χ4n) is 2.88. The molecule has 1 saturated heterocycles. The summed E-state index contributed by atoms with van der Waals surface area (Å²) in [5.74, 6) is 0.163. The molecule has 116 valence electrons. The van der Waals surface area contributed by atoms with Crippen LogP contribution in [-0.4, -0.2) is 46.5 Å². The Balaban J connectivity index is 1.81. The molecule has 22 heavy (non-hydrogen) atoms. The Labute approximate surface area is 131 Å². The first-order valence-electron chi connectivity index (χ1n) is 7.87. The molecule has 2 heterocycles. The van der Waals surface area contributed by atoms with Gasteiger partial charge in [-0.25, -0.2) is 4.98 Å². The summed E-state index contributed by atoms with van der Waals surface area (Å²) < 4.78 is 0. The van der Waals surface area contributed by atoms with E-state index in [1.54, 1.807) is 6.33 Å². The lowest BCUT2D eigenvalue weighted by atomic mass is 10.0. The zero-order valence-corrected chi connectivity index (χ0v) is 12.9. The van der Waals surface area contributed by atoms with Crippen molar-refractivity contribution < 1.29 is 4.79 Å². The molecule has 1 aromatic carbocycles. The molecular weight excluding hydrogens is 276 g/mol. The highest BCUT2D eigenvalue weighted by Crippen LogP contribution is 2.21. The van der Waals surface area contributed by atoms with Crippen LogP contribution < -0.4 is 4.90 Å². The summed E-state index contributed by atoms with van der Waals surface area (Å²) in [5, 5.41) is 0. The summed E-state index contributed by atoms with van der Waals surface area (Å²) in [6.07, 6.45) is 5.37. The molecular formula is C17H22N4O. The smallest absolute Gasteiger partial charge is 0.244 e. The number of likely N-dealkylation sites (tertiary alicyclic amines) is 1. The molecule has 1 aliphatic heterocycles. The van der Waals surface area contributed by atoms with Crippen molar-refractivity contribution in [1.29, 1.82) is 0 Å². The van der Waals surface area contributed by atoms with Gasteiger partial charge in [0.25, 0.3) is 0 Å². The van der Waals surface area contributed by atoms with Crippen molar-refractivity contribution in [2.75, 3.05) is 24.5 Å². The van der Waals surface area contributed by atoms with Crippen LogP contribution in [0.4, 0.5) is 5.69 Å². The Hall–Kier alpha value is -2.14. The number of carbonyl (C=O) groups is 1. The molecule has 0 spiro atoms. The molecule has 0 saturated carbocycles. The van der Waals surface area contributed by atoms with Gasteiger partial charge in [-0.15, -0.1) is 0 Å².